The molecule has 9 heteroatoms. The number of aromatic amines is 1. The van der Waals surface area contributed by atoms with Crippen molar-refractivity contribution in [3.8, 4) is 5.88 Å². The van der Waals surface area contributed by atoms with Crippen LogP contribution in [0.3, 0.4) is 0 Å². The summed E-state index contributed by atoms with van der Waals surface area (Å²) in [7, 11) is 5.22. The second-order valence-corrected chi connectivity index (χ2v) is 9.98. The van der Waals surface area contributed by atoms with Crippen LogP contribution in [-0.2, 0) is 9.53 Å². The first-order valence-corrected chi connectivity index (χ1v) is 13.2. The Morgan fingerprint density at radius 2 is 1.66 bits per heavy atom. The normalized spacial score (nSPS) is 14.5. The minimum Gasteiger partial charge on any atom is -0.494 e. The topological polar surface area (TPSA) is 101 Å². The molecular weight excluding hydrogens is 518 g/mol. The van der Waals surface area contributed by atoms with Gasteiger partial charge in [-0.15, -0.1) is 0 Å². The first kappa shape index (κ1) is 29.5. The minimum atomic E-state index is -0.457. The molecule has 1 aliphatic heterocycles. The van der Waals surface area contributed by atoms with E-state index in [-0.39, 0.29) is 19.2 Å². The number of likely N-dealkylation sites (N-methyl/N-ethyl adjacent to an activating group) is 2. The molecular formula is C32H37N5O4. The van der Waals surface area contributed by atoms with Crippen molar-refractivity contribution in [3.63, 3.8) is 0 Å². The molecule has 2 heterocycles. The third kappa shape index (κ3) is 6.48. The first-order chi connectivity index (χ1) is 19.3. The quantitative estimate of drug-likeness (QED) is 0.254. The minimum absolute atomic E-state index is 0. The summed E-state index contributed by atoms with van der Waals surface area (Å²) in [5.41, 5.74) is 4.34. The molecule has 0 saturated carbocycles. The summed E-state index contributed by atoms with van der Waals surface area (Å²) < 4.78 is 4.83. The number of nitrogens with one attached hydrogen (secondary N) is 1. The lowest BCUT2D eigenvalue weighted by atomic mass is 10.00. The van der Waals surface area contributed by atoms with Crippen LogP contribution in [0.5, 0.6) is 5.88 Å². The van der Waals surface area contributed by atoms with Gasteiger partial charge in [-0.25, -0.2) is 9.79 Å². The lowest BCUT2D eigenvalue weighted by Crippen LogP contribution is -2.48. The van der Waals surface area contributed by atoms with Gasteiger partial charge >= 0.3 is 5.97 Å². The summed E-state index contributed by atoms with van der Waals surface area (Å²) >= 11 is 0. The first-order valence-electron chi connectivity index (χ1n) is 13.2. The number of fused-ring (bicyclic) bond motifs is 1. The molecule has 3 aromatic carbocycles. The average Bonchev–Trinajstić information content (AvgIpc) is 3.31. The molecule has 1 amide bonds. The number of rotatable bonds is 7. The number of amides is 1. The summed E-state index contributed by atoms with van der Waals surface area (Å²) in [6.45, 7) is 4.09. The molecule has 1 fully saturated rings. The Morgan fingerprint density at radius 3 is 2.32 bits per heavy atom. The Balaban J connectivity index is 0.00000387. The lowest BCUT2D eigenvalue weighted by molar-refractivity contribution is -0.119. The van der Waals surface area contributed by atoms with Crippen LogP contribution >= 0.6 is 0 Å². The smallest absolute Gasteiger partial charge is 0.337 e. The molecule has 0 unspecified atom stereocenters. The third-order valence-electron chi connectivity index (χ3n) is 7.29. The standard InChI is InChI=1S/C31H33N5O4.CH4/c1-34-15-17-36(18-16-34)20-27(37)35(2)24-12-10-23(11-13-24)32-29(21-7-5-4-6-8-21)28-25-14-9-22(31(39)40-3)19-26(25)33-30(28)38;/h4-14,19,33,38H,15-18,20H2,1-3H3;1H4. The number of hydrogen-bond donors (Lipinski definition) is 2. The van der Waals surface area contributed by atoms with Crippen molar-refractivity contribution in [3.05, 3.63) is 89.5 Å². The Labute approximate surface area is 240 Å². The van der Waals surface area contributed by atoms with Crippen molar-refractivity contribution < 1.29 is 19.4 Å². The van der Waals surface area contributed by atoms with Crippen molar-refractivity contribution in [2.45, 2.75) is 7.43 Å². The molecule has 1 aliphatic rings. The molecule has 9 nitrogen and oxygen atoms in total. The Morgan fingerprint density at radius 1 is 0.976 bits per heavy atom. The maximum absolute atomic E-state index is 12.9. The van der Waals surface area contributed by atoms with Crippen LogP contribution in [0.1, 0.15) is 28.9 Å². The highest BCUT2D eigenvalue weighted by Gasteiger charge is 2.21. The van der Waals surface area contributed by atoms with Gasteiger partial charge in [-0.3, -0.25) is 9.69 Å². The van der Waals surface area contributed by atoms with Crippen LogP contribution in [0.4, 0.5) is 11.4 Å². The molecule has 41 heavy (non-hydrogen) atoms. The highest BCUT2D eigenvalue weighted by atomic mass is 16.5. The Kier molecular flexibility index (Phi) is 9.21. The van der Waals surface area contributed by atoms with E-state index in [9.17, 15) is 14.7 Å². The predicted octanol–water partition coefficient (Wildman–Crippen LogP) is 4.68. The number of hydrogen-bond acceptors (Lipinski definition) is 7. The van der Waals surface area contributed by atoms with Crippen LogP contribution in [0.25, 0.3) is 10.9 Å². The van der Waals surface area contributed by atoms with E-state index in [1.807, 2.05) is 54.6 Å². The van der Waals surface area contributed by atoms with Crippen LogP contribution in [0.15, 0.2) is 77.8 Å². The number of piperazine rings is 1. The number of carbonyl (C=O) groups excluding carboxylic acids is 2. The molecule has 0 bridgehead atoms. The van der Waals surface area contributed by atoms with E-state index >= 15 is 0 Å². The van der Waals surface area contributed by atoms with Gasteiger partial charge < -0.3 is 24.6 Å². The van der Waals surface area contributed by atoms with Gasteiger partial charge in [0.2, 0.25) is 5.91 Å². The van der Waals surface area contributed by atoms with Crippen molar-refractivity contribution in [1.82, 2.24) is 14.8 Å². The number of aromatic nitrogens is 1. The number of aliphatic imine (C=N–C) groups is 1. The van der Waals surface area contributed by atoms with E-state index in [4.69, 9.17) is 9.73 Å². The zero-order chi connectivity index (χ0) is 28.2. The molecule has 2 N–H and O–H groups in total. The number of ether oxygens (including phenoxy) is 1. The molecule has 0 radical (unpaired) electrons. The van der Waals surface area contributed by atoms with Gasteiger partial charge in [0.1, 0.15) is 0 Å². The van der Waals surface area contributed by atoms with E-state index in [0.717, 1.165) is 42.8 Å². The number of aromatic hydroxyl groups is 1. The number of nitrogens with zero attached hydrogens (tertiary/aromatic N) is 4. The van der Waals surface area contributed by atoms with Gasteiger partial charge in [0.15, 0.2) is 5.88 Å². The largest absolute Gasteiger partial charge is 0.494 e. The van der Waals surface area contributed by atoms with Crippen LogP contribution in [-0.4, -0.2) is 91.4 Å². The third-order valence-corrected chi connectivity index (χ3v) is 7.29. The van der Waals surface area contributed by atoms with Crippen LogP contribution < -0.4 is 4.90 Å². The van der Waals surface area contributed by atoms with Gasteiger partial charge in [0.25, 0.3) is 0 Å². The van der Waals surface area contributed by atoms with Gasteiger partial charge in [-0.1, -0.05) is 43.8 Å². The van der Waals surface area contributed by atoms with Crippen molar-refractivity contribution in [2.75, 3.05) is 58.8 Å². The fourth-order valence-electron chi connectivity index (χ4n) is 4.86. The number of carbonyl (C=O) groups is 2. The molecule has 0 aliphatic carbocycles. The summed E-state index contributed by atoms with van der Waals surface area (Å²) in [5, 5.41) is 11.7. The van der Waals surface area contributed by atoms with Gasteiger partial charge in [0.05, 0.1) is 36.2 Å². The maximum atomic E-state index is 12.9. The summed E-state index contributed by atoms with van der Waals surface area (Å²) in [5.74, 6) is -0.465. The predicted molar refractivity (Wildman–Crippen MR) is 164 cm³/mol. The molecule has 5 rings (SSSR count). The molecule has 214 valence electrons. The van der Waals surface area contributed by atoms with E-state index in [1.165, 1.54) is 7.11 Å². The SMILES string of the molecule is C.COC(=O)c1ccc2c(C(=Nc3ccc(N(C)C(=O)CN4CCN(C)CC4)cc3)c3ccccc3)c(O)[nH]c2c1. The maximum Gasteiger partial charge on any atom is 0.337 e. The van der Waals surface area contributed by atoms with E-state index < -0.39 is 5.97 Å². The second kappa shape index (κ2) is 12.8. The number of H-pyrrole nitrogens is 1. The van der Waals surface area contributed by atoms with E-state index in [1.54, 1.807) is 30.1 Å². The Hall–Kier alpha value is -4.47. The molecule has 1 aromatic heterocycles. The summed E-state index contributed by atoms with van der Waals surface area (Å²) in [6.07, 6.45) is 0. The fourth-order valence-corrected chi connectivity index (χ4v) is 4.86. The van der Waals surface area contributed by atoms with Crippen LogP contribution in [0.2, 0.25) is 0 Å². The monoisotopic (exact) mass is 555 g/mol. The second-order valence-electron chi connectivity index (χ2n) is 9.98. The van der Waals surface area contributed by atoms with Crippen molar-refractivity contribution in [2.24, 2.45) is 4.99 Å². The lowest BCUT2D eigenvalue weighted by Gasteiger charge is -2.32. The van der Waals surface area contributed by atoms with Crippen LogP contribution in [0, 0.1) is 0 Å². The van der Waals surface area contributed by atoms with Crippen molar-refractivity contribution >= 4 is 39.9 Å². The van der Waals surface area contributed by atoms with Gasteiger partial charge in [-0.2, -0.15) is 0 Å². The van der Waals surface area contributed by atoms with E-state index in [2.05, 4.69) is 21.8 Å². The van der Waals surface area contributed by atoms with E-state index in [0.29, 0.717) is 34.6 Å². The number of benzene rings is 3. The highest BCUT2D eigenvalue weighted by molar-refractivity contribution is 6.22. The number of esters is 1. The zero-order valence-corrected chi connectivity index (χ0v) is 22.9. The number of methoxy groups -OCH3 is 1. The summed E-state index contributed by atoms with van der Waals surface area (Å²) in [6, 6.07) is 22.2. The fraction of sp³-hybridized carbons (Fsp3) is 0.281. The highest BCUT2D eigenvalue weighted by Crippen LogP contribution is 2.32. The Bertz CT molecular complexity index is 1540. The number of anilines is 1. The molecule has 0 spiro atoms. The average molecular weight is 556 g/mol. The zero-order valence-electron chi connectivity index (χ0n) is 22.9. The molecule has 0 atom stereocenters. The molecule has 4 aromatic rings. The molecule has 1 saturated heterocycles. The van der Waals surface area contributed by atoms with Crippen molar-refractivity contribution in [1.29, 1.82) is 0 Å². The van der Waals surface area contributed by atoms with Gasteiger partial charge in [-0.05, 0) is 43.4 Å². The van der Waals surface area contributed by atoms with Gasteiger partial charge in [0, 0.05) is 55.4 Å². The summed E-state index contributed by atoms with van der Waals surface area (Å²) in [4.78, 5) is 39.0.